The summed E-state index contributed by atoms with van der Waals surface area (Å²) in [6, 6.07) is 4.29. The molecular weight excluding hydrogens is 474 g/mol. The van der Waals surface area contributed by atoms with Gasteiger partial charge in [0.05, 0.1) is 34.2 Å². The van der Waals surface area contributed by atoms with Gasteiger partial charge in [-0.3, -0.25) is 4.57 Å². The number of hydrogen-bond donors (Lipinski definition) is 1. The molecule has 1 aliphatic heterocycles. The number of alkyl halides is 2. The van der Waals surface area contributed by atoms with Gasteiger partial charge < -0.3 is 5.32 Å². The van der Waals surface area contributed by atoms with Crippen LogP contribution in [0.2, 0.25) is 0 Å². The van der Waals surface area contributed by atoms with Crippen molar-refractivity contribution in [3.63, 3.8) is 0 Å². The minimum atomic E-state index is -3.83. The molecule has 0 spiro atoms. The van der Waals surface area contributed by atoms with E-state index in [0.717, 1.165) is 28.4 Å². The number of aromatic nitrogens is 4. The zero-order chi connectivity index (χ0) is 24.7. The van der Waals surface area contributed by atoms with Gasteiger partial charge in [-0.05, 0) is 50.6 Å². The Bertz CT molecular complexity index is 1610. The first-order valence-electron chi connectivity index (χ1n) is 10.2. The highest BCUT2D eigenvalue weighted by atomic mass is 32.2. The Balaban J connectivity index is 1.93. The van der Waals surface area contributed by atoms with Gasteiger partial charge in [-0.2, -0.15) is 0 Å². The minimum Gasteiger partial charge on any atom is -0.371 e. The van der Waals surface area contributed by atoms with Gasteiger partial charge in [0.1, 0.15) is 17.5 Å². The molecule has 1 N–H and O–H groups in total. The molecule has 7 nitrogen and oxygen atoms in total. The molecule has 1 aliphatic rings. The van der Waals surface area contributed by atoms with E-state index in [2.05, 4.69) is 15.5 Å². The van der Waals surface area contributed by atoms with Crippen LogP contribution < -0.4 is 5.32 Å². The zero-order valence-corrected chi connectivity index (χ0v) is 19.3. The summed E-state index contributed by atoms with van der Waals surface area (Å²) in [5, 5.41) is 11.3. The third-order valence-electron chi connectivity index (χ3n) is 5.93. The third-order valence-corrected chi connectivity index (χ3v) is 6.96. The molecule has 0 unspecified atom stereocenters. The molecule has 0 fully saturated rings. The SMILES string of the molecule is Cc1nnc2n1-c1c(cc(F)c(-c3cc(F)cc4c3ccn4S(C)(=O)=O)c1C(F)F)NC2(C)C. The second-order valence-electron chi connectivity index (χ2n) is 8.76. The van der Waals surface area contributed by atoms with Gasteiger partial charge in [0.25, 0.3) is 6.43 Å². The Hall–Kier alpha value is -3.41. The van der Waals surface area contributed by atoms with Gasteiger partial charge in [0.15, 0.2) is 5.82 Å². The predicted molar refractivity (Wildman–Crippen MR) is 119 cm³/mol. The molecule has 2 aromatic carbocycles. The molecule has 178 valence electrons. The highest BCUT2D eigenvalue weighted by Gasteiger charge is 2.39. The van der Waals surface area contributed by atoms with Crippen LogP contribution in [0.25, 0.3) is 27.7 Å². The van der Waals surface area contributed by atoms with Crippen molar-refractivity contribution >= 4 is 26.6 Å². The van der Waals surface area contributed by atoms with Crippen LogP contribution in [0.1, 0.15) is 37.5 Å². The lowest BCUT2D eigenvalue weighted by Gasteiger charge is -2.35. The Labute approximate surface area is 192 Å². The molecule has 2 aromatic heterocycles. The van der Waals surface area contributed by atoms with E-state index in [1.54, 1.807) is 20.8 Å². The number of nitrogens with zero attached hydrogens (tertiary/aromatic N) is 4. The van der Waals surface area contributed by atoms with Crippen molar-refractivity contribution in [2.75, 3.05) is 11.6 Å². The maximum atomic E-state index is 15.6. The van der Waals surface area contributed by atoms with Crippen molar-refractivity contribution in [1.82, 2.24) is 18.7 Å². The van der Waals surface area contributed by atoms with Gasteiger partial charge >= 0.3 is 0 Å². The second kappa shape index (κ2) is 7.05. The van der Waals surface area contributed by atoms with Crippen LogP contribution in [0.15, 0.2) is 30.5 Å². The first-order valence-corrected chi connectivity index (χ1v) is 12.0. The van der Waals surface area contributed by atoms with Crippen molar-refractivity contribution in [2.45, 2.75) is 32.7 Å². The van der Waals surface area contributed by atoms with Gasteiger partial charge in [0.2, 0.25) is 10.0 Å². The average Bonchev–Trinajstić information content (AvgIpc) is 3.30. The lowest BCUT2D eigenvalue weighted by Crippen LogP contribution is -2.36. The highest BCUT2D eigenvalue weighted by molar-refractivity contribution is 7.89. The Kier molecular flexibility index (Phi) is 4.64. The maximum Gasteiger partial charge on any atom is 0.266 e. The van der Waals surface area contributed by atoms with Crippen molar-refractivity contribution in [2.24, 2.45) is 0 Å². The van der Waals surface area contributed by atoms with Crippen molar-refractivity contribution < 1.29 is 26.0 Å². The van der Waals surface area contributed by atoms with Crippen LogP contribution in [0, 0.1) is 18.6 Å². The Morgan fingerprint density at radius 2 is 1.82 bits per heavy atom. The molecule has 0 saturated heterocycles. The second-order valence-corrected chi connectivity index (χ2v) is 10.6. The minimum absolute atomic E-state index is 0.0387. The summed E-state index contributed by atoms with van der Waals surface area (Å²) in [5.41, 5.74) is -2.24. The van der Waals surface area contributed by atoms with E-state index in [0.29, 0.717) is 11.6 Å². The number of fused-ring (bicyclic) bond motifs is 4. The smallest absolute Gasteiger partial charge is 0.266 e. The molecule has 0 atom stereocenters. The average molecular weight is 493 g/mol. The first-order chi connectivity index (χ1) is 15.8. The standard InChI is InChI=1S/C22H19F4N5O2S/c1-10-28-29-21-22(2,3)27-15-9-14(24)17(18(20(25)26)19(15)31(10)21)13-7-11(23)8-16-12(13)5-6-30(16)34(4,32)33/h5-9,20,27H,1-4H3. The van der Waals surface area contributed by atoms with Crippen molar-refractivity contribution in [3.05, 3.63) is 59.3 Å². The number of rotatable bonds is 3. The monoisotopic (exact) mass is 493 g/mol. The van der Waals surface area contributed by atoms with Gasteiger partial charge in [0, 0.05) is 17.1 Å². The lowest BCUT2D eigenvalue weighted by atomic mass is 9.91. The van der Waals surface area contributed by atoms with E-state index >= 15 is 4.39 Å². The Morgan fingerprint density at radius 1 is 1.12 bits per heavy atom. The summed E-state index contributed by atoms with van der Waals surface area (Å²) in [5.74, 6) is -1.24. The lowest BCUT2D eigenvalue weighted by molar-refractivity contribution is 0.151. The summed E-state index contributed by atoms with van der Waals surface area (Å²) in [6.07, 6.45) is -1.06. The molecule has 0 radical (unpaired) electrons. The molecule has 0 saturated carbocycles. The number of nitrogens with one attached hydrogen (secondary N) is 1. The van der Waals surface area contributed by atoms with Crippen molar-refractivity contribution in [1.29, 1.82) is 0 Å². The van der Waals surface area contributed by atoms with E-state index in [9.17, 15) is 21.6 Å². The number of aryl methyl sites for hydroxylation is 1. The fourth-order valence-electron chi connectivity index (χ4n) is 4.59. The number of anilines is 1. The number of hydrogen-bond acceptors (Lipinski definition) is 5. The quantitative estimate of drug-likeness (QED) is 0.412. The van der Waals surface area contributed by atoms with Crippen LogP contribution in [-0.2, 0) is 15.6 Å². The van der Waals surface area contributed by atoms with E-state index < -0.39 is 44.7 Å². The fourth-order valence-corrected chi connectivity index (χ4v) is 5.38. The number of halogens is 4. The third kappa shape index (κ3) is 3.11. The van der Waals surface area contributed by atoms with Crippen molar-refractivity contribution in [3.8, 4) is 16.8 Å². The van der Waals surface area contributed by atoms with E-state index in [4.69, 9.17) is 0 Å². The molecule has 34 heavy (non-hydrogen) atoms. The summed E-state index contributed by atoms with van der Waals surface area (Å²) >= 11 is 0. The summed E-state index contributed by atoms with van der Waals surface area (Å²) < 4.78 is 86.0. The molecule has 12 heteroatoms. The van der Waals surface area contributed by atoms with Crippen LogP contribution >= 0.6 is 0 Å². The fraction of sp³-hybridized carbons (Fsp3) is 0.273. The van der Waals surface area contributed by atoms with E-state index in [-0.39, 0.29) is 27.8 Å². The van der Waals surface area contributed by atoms with E-state index in [1.165, 1.54) is 16.8 Å². The van der Waals surface area contributed by atoms with Gasteiger partial charge in [-0.15, -0.1) is 10.2 Å². The zero-order valence-electron chi connectivity index (χ0n) is 18.5. The van der Waals surface area contributed by atoms with E-state index in [1.807, 2.05) is 0 Å². The molecule has 0 aliphatic carbocycles. The molecule has 0 bridgehead atoms. The van der Waals surface area contributed by atoms with Gasteiger partial charge in [-0.25, -0.2) is 30.0 Å². The summed E-state index contributed by atoms with van der Waals surface area (Å²) in [7, 11) is -3.83. The normalized spacial score (nSPS) is 14.9. The topological polar surface area (TPSA) is 81.8 Å². The van der Waals surface area contributed by atoms with Crippen LogP contribution in [0.3, 0.4) is 0 Å². The molecule has 5 rings (SSSR count). The first kappa shape index (κ1) is 22.4. The van der Waals surface area contributed by atoms with Crippen LogP contribution in [0.5, 0.6) is 0 Å². The largest absolute Gasteiger partial charge is 0.371 e. The molecular formula is C22H19F4N5O2S. The van der Waals surface area contributed by atoms with Crippen LogP contribution in [0.4, 0.5) is 23.2 Å². The summed E-state index contributed by atoms with van der Waals surface area (Å²) in [4.78, 5) is 0. The molecule has 3 heterocycles. The van der Waals surface area contributed by atoms with Crippen LogP contribution in [-0.4, -0.2) is 33.4 Å². The molecule has 0 amide bonds. The highest BCUT2D eigenvalue weighted by Crippen LogP contribution is 2.47. The van der Waals surface area contributed by atoms with Gasteiger partial charge in [-0.1, -0.05) is 0 Å². The molecule has 4 aromatic rings. The number of benzene rings is 2. The predicted octanol–water partition coefficient (Wildman–Crippen LogP) is 4.88. The summed E-state index contributed by atoms with van der Waals surface area (Å²) in [6.45, 7) is 5.11. The Morgan fingerprint density at radius 3 is 2.47 bits per heavy atom. The maximum absolute atomic E-state index is 15.6.